The molecule has 136 valence electrons. The van der Waals surface area contributed by atoms with Gasteiger partial charge in [-0.1, -0.05) is 20.8 Å². The summed E-state index contributed by atoms with van der Waals surface area (Å²) < 4.78 is 10.8. The summed E-state index contributed by atoms with van der Waals surface area (Å²) in [7, 11) is 0. The molecule has 0 aromatic carbocycles. The third-order valence-corrected chi connectivity index (χ3v) is 6.25. The molecule has 1 saturated heterocycles. The molecule has 2 heterocycles. The van der Waals surface area contributed by atoms with Crippen LogP contribution >= 0.6 is 0 Å². The van der Waals surface area contributed by atoms with Crippen LogP contribution in [0.25, 0.3) is 0 Å². The van der Waals surface area contributed by atoms with Gasteiger partial charge < -0.3 is 24.5 Å². The SMILES string of the molecule is CC(C)c1oc(=O)cc2c1[C@@H](O)[C@H]1OC(=O)[C@H]3C[C@@H](O)[C@@H](O)[C@@]2(C)[C@@H]13. The lowest BCUT2D eigenvalue weighted by atomic mass is 9.52. The topological polar surface area (TPSA) is 117 Å². The maximum atomic E-state index is 12.3. The summed E-state index contributed by atoms with van der Waals surface area (Å²) >= 11 is 0. The summed E-state index contributed by atoms with van der Waals surface area (Å²) in [6.07, 6.45) is -4.18. The Labute approximate surface area is 144 Å². The van der Waals surface area contributed by atoms with E-state index in [4.69, 9.17) is 9.15 Å². The van der Waals surface area contributed by atoms with E-state index in [1.807, 2.05) is 13.8 Å². The first-order valence-corrected chi connectivity index (χ1v) is 8.61. The molecule has 25 heavy (non-hydrogen) atoms. The summed E-state index contributed by atoms with van der Waals surface area (Å²) in [6, 6.07) is 1.27. The minimum absolute atomic E-state index is 0.0806. The first-order valence-electron chi connectivity index (χ1n) is 8.61. The van der Waals surface area contributed by atoms with Crippen molar-refractivity contribution in [2.75, 3.05) is 0 Å². The third kappa shape index (κ3) is 1.97. The largest absolute Gasteiger partial charge is 0.459 e. The molecule has 0 radical (unpaired) electrons. The highest BCUT2D eigenvalue weighted by atomic mass is 16.6. The molecule has 0 spiro atoms. The Balaban J connectivity index is 2.05. The van der Waals surface area contributed by atoms with Crippen molar-refractivity contribution in [3.05, 3.63) is 33.4 Å². The van der Waals surface area contributed by atoms with Crippen LogP contribution in [-0.4, -0.2) is 39.6 Å². The molecule has 3 aliphatic rings. The highest BCUT2D eigenvalue weighted by molar-refractivity contribution is 5.77. The predicted molar refractivity (Wildman–Crippen MR) is 84.9 cm³/mol. The Kier molecular flexibility index (Phi) is 3.45. The van der Waals surface area contributed by atoms with Crippen molar-refractivity contribution in [1.82, 2.24) is 0 Å². The van der Waals surface area contributed by atoms with E-state index < -0.39 is 53.3 Å². The molecule has 2 fully saturated rings. The molecule has 7 atom stereocenters. The lowest BCUT2D eigenvalue weighted by molar-refractivity contribution is -0.148. The fraction of sp³-hybridized carbons (Fsp3) is 0.667. The predicted octanol–water partition coefficient (Wildman–Crippen LogP) is 0.351. The number of carbonyl (C=O) groups excluding carboxylic acids is 1. The maximum Gasteiger partial charge on any atom is 0.336 e. The Bertz CT molecular complexity index is 797. The summed E-state index contributed by atoms with van der Waals surface area (Å²) in [5.41, 5.74) is -0.841. The van der Waals surface area contributed by atoms with E-state index in [2.05, 4.69) is 0 Å². The van der Waals surface area contributed by atoms with Crippen LogP contribution in [0.3, 0.4) is 0 Å². The van der Waals surface area contributed by atoms with E-state index in [0.717, 1.165) is 0 Å². The van der Waals surface area contributed by atoms with Crippen molar-refractivity contribution in [2.45, 2.75) is 62.9 Å². The van der Waals surface area contributed by atoms with Crippen molar-refractivity contribution in [1.29, 1.82) is 0 Å². The molecule has 4 rings (SSSR count). The van der Waals surface area contributed by atoms with Gasteiger partial charge in [0.05, 0.1) is 18.1 Å². The lowest BCUT2D eigenvalue weighted by Gasteiger charge is -2.53. The standard InChI is InChI=1S/C18H22O7/c1-6(2)14-11-8(5-10(20)24-14)18(3)12-7(4-9(19)16(18)22)17(23)25-15(12)13(11)21/h5-7,9,12-13,15-16,19,21-22H,4H2,1-3H3/t7-,9+,12+,13+,15-,16+,18+/m0/s1. The van der Waals surface area contributed by atoms with E-state index in [0.29, 0.717) is 16.9 Å². The molecular formula is C18H22O7. The van der Waals surface area contributed by atoms with Gasteiger partial charge in [-0.15, -0.1) is 0 Å². The number of hydrogen-bond donors (Lipinski definition) is 3. The normalized spacial score (nSPS) is 42.1. The Morgan fingerprint density at radius 1 is 1.24 bits per heavy atom. The minimum atomic E-state index is -1.18. The first kappa shape index (κ1) is 16.8. The average Bonchev–Trinajstić information content (AvgIpc) is 2.88. The molecule has 1 saturated carbocycles. The zero-order chi connectivity index (χ0) is 18.3. The summed E-state index contributed by atoms with van der Waals surface area (Å²) in [4.78, 5) is 24.4. The van der Waals surface area contributed by atoms with Crippen LogP contribution in [0.1, 0.15) is 56.1 Å². The van der Waals surface area contributed by atoms with Crippen LogP contribution < -0.4 is 5.63 Å². The minimum Gasteiger partial charge on any atom is -0.459 e. The van der Waals surface area contributed by atoms with Crippen LogP contribution in [0.4, 0.5) is 0 Å². The van der Waals surface area contributed by atoms with Gasteiger partial charge in [0, 0.05) is 28.9 Å². The highest BCUT2D eigenvalue weighted by Crippen LogP contribution is 2.59. The molecule has 1 aliphatic heterocycles. The number of aliphatic hydroxyl groups excluding tert-OH is 3. The van der Waals surface area contributed by atoms with Crippen LogP contribution in [0.5, 0.6) is 0 Å². The van der Waals surface area contributed by atoms with Gasteiger partial charge >= 0.3 is 11.6 Å². The summed E-state index contributed by atoms with van der Waals surface area (Å²) in [5.74, 6) is -1.48. The summed E-state index contributed by atoms with van der Waals surface area (Å²) in [6.45, 7) is 5.38. The average molecular weight is 350 g/mol. The van der Waals surface area contributed by atoms with E-state index >= 15 is 0 Å². The zero-order valence-corrected chi connectivity index (χ0v) is 14.3. The molecule has 7 heteroatoms. The van der Waals surface area contributed by atoms with Crippen LogP contribution in [0.2, 0.25) is 0 Å². The molecule has 1 aromatic rings. The molecule has 2 aliphatic carbocycles. The monoisotopic (exact) mass is 350 g/mol. The second kappa shape index (κ2) is 5.16. The van der Waals surface area contributed by atoms with Crippen LogP contribution in [-0.2, 0) is 14.9 Å². The van der Waals surface area contributed by atoms with Gasteiger partial charge in [0.2, 0.25) is 0 Å². The lowest BCUT2D eigenvalue weighted by Crippen LogP contribution is -2.61. The van der Waals surface area contributed by atoms with E-state index in [9.17, 15) is 24.9 Å². The molecule has 0 unspecified atom stereocenters. The van der Waals surface area contributed by atoms with Crippen LogP contribution in [0, 0.1) is 11.8 Å². The van der Waals surface area contributed by atoms with Crippen molar-refractivity contribution >= 4 is 5.97 Å². The Hall–Kier alpha value is -1.70. The number of hydrogen-bond acceptors (Lipinski definition) is 7. The molecule has 0 amide bonds. The first-order chi connectivity index (χ1) is 11.7. The van der Waals surface area contributed by atoms with Crippen molar-refractivity contribution in [3.63, 3.8) is 0 Å². The molecule has 3 N–H and O–H groups in total. The van der Waals surface area contributed by atoms with Crippen LogP contribution in [0.15, 0.2) is 15.3 Å². The quantitative estimate of drug-likeness (QED) is 0.626. The van der Waals surface area contributed by atoms with Crippen molar-refractivity contribution in [2.24, 2.45) is 11.8 Å². The smallest absolute Gasteiger partial charge is 0.336 e. The van der Waals surface area contributed by atoms with E-state index in [1.165, 1.54) is 6.07 Å². The number of fused-ring (bicyclic) bond motifs is 2. The van der Waals surface area contributed by atoms with Gasteiger partial charge in [-0.2, -0.15) is 0 Å². The number of aliphatic hydroxyl groups is 3. The fourth-order valence-electron chi connectivity index (χ4n) is 5.12. The van der Waals surface area contributed by atoms with Gasteiger partial charge in [-0.05, 0) is 12.0 Å². The van der Waals surface area contributed by atoms with E-state index in [1.54, 1.807) is 6.92 Å². The number of carbonyl (C=O) groups is 1. The van der Waals surface area contributed by atoms with Gasteiger partial charge in [0.25, 0.3) is 0 Å². The highest BCUT2D eigenvalue weighted by Gasteiger charge is 2.66. The molecule has 1 aromatic heterocycles. The zero-order valence-electron chi connectivity index (χ0n) is 14.3. The molecule has 0 bridgehead atoms. The van der Waals surface area contributed by atoms with Gasteiger partial charge in [-0.3, -0.25) is 4.79 Å². The van der Waals surface area contributed by atoms with E-state index in [-0.39, 0.29) is 12.3 Å². The van der Waals surface area contributed by atoms with Crippen molar-refractivity contribution in [3.8, 4) is 0 Å². The van der Waals surface area contributed by atoms with Crippen molar-refractivity contribution < 1.29 is 29.3 Å². The Morgan fingerprint density at radius 2 is 1.92 bits per heavy atom. The van der Waals surface area contributed by atoms with Gasteiger partial charge in [0.1, 0.15) is 18.0 Å². The number of esters is 1. The third-order valence-electron chi connectivity index (χ3n) is 6.25. The molecular weight excluding hydrogens is 328 g/mol. The van der Waals surface area contributed by atoms with Gasteiger partial charge in [-0.25, -0.2) is 4.79 Å². The fourth-order valence-corrected chi connectivity index (χ4v) is 5.12. The second-order valence-corrected chi connectivity index (χ2v) is 7.92. The molecule has 7 nitrogen and oxygen atoms in total. The maximum absolute atomic E-state index is 12.3. The second-order valence-electron chi connectivity index (χ2n) is 7.92. The summed E-state index contributed by atoms with van der Waals surface area (Å²) in [5, 5.41) is 32.0. The number of rotatable bonds is 1. The van der Waals surface area contributed by atoms with Gasteiger partial charge in [0.15, 0.2) is 0 Å². The Morgan fingerprint density at radius 3 is 2.56 bits per heavy atom. The number of ether oxygens (including phenoxy) is 1.